The minimum atomic E-state index is -1.18. The molecule has 0 bridgehead atoms. The lowest BCUT2D eigenvalue weighted by Crippen LogP contribution is -2.58. The molecule has 0 radical (unpaired) electrons. The van der Waals surface area contributed by atoms with Gasteiger partial charge in [0.05, 0.1) is 12.4 Å². The maximum atomic E-state index is 13.6. The summed E-state index contributed by atoms with van der Waals surface area (Å²) in [5.41, 5.74) is 13.9. The maximum Gasteiger partial charge on any atom is 0.326 e. The summed E-state index contributed by atoms with van der Waals surface area (Å²) in [6, 6.07) is 14.0. The highest BCUT2D eigenvalue weighted by atomic mass is 16.4. The molecule has 0 aliphatic carbocycles. The Morgan fingerprint density at radius 2 is 1.31 bits per heavy atom. The van der Waals surface area contributed by atoms with E-state index < -0.39 is 47.9 Å². The van der Waals surface area contributed by atoms with Crippen LogP contribution in [-0.2, 0) is 38.4 Å². The Balaban J connectivity index is 1.77. The van der Waals surface area contributed by atoms with Crippen molar-refractivity contribution in [3.05, 3.63) is 90.0 Å². The highest BCUT2D eigenvalue weighted by Crippen LogP contribution is 2.09. The predicted octanol–water partition coefficient (Wildman–Crippen LogP) is 0.433. The molecule has 0 aliphatic heterocycles. The van der Waals surface area contributed by atoms with Gasteiger partial charge in [0.15, 0.2) is 0 Å². The van der Waals surface area contributed by atoms with Gasteiger partial charge in [0.2, 0.25) is 17.7 Å². The molecule has 0 spiro atoms. The fourth-order valence-electron chi connectivity index (χ4n) is 4.42. The number of carboxylic acid groups (broad SMARTS) is 1. The number of carboxylic acids is 1. The van der Waals surface area contributed by atoms with Gasteiger partial charge in [-0.05, 0) is 43.4 Å². The first-order valence-electron chi connectivity index (χ1n) is 13.9. The number of benzene rings is 2. The first-order chi connectivity index (χ1) is 20.3. The summed E-state index contributed by atoms with van der Waals surface area (Å²) in [5.74, 6) is -2.99. The van der Waals surface area contributed by atoms with Crippen molar-refractivity contribution in [3.63, 3.8) is 0 Å². The van der Waals surface area contributed by atoms with Gasteiger partial charge in [-0.15, -0.1) is 0 Å². The Morgan fingerprint density at radius 3 is 1.86 bits per heavy atom. The van der Waals surface area contributed by atoms with Crippen molar-refractivity contribution in [2.75, 3.05) is 6.54 Å². The number of unbranched alkanes of at least 4 members (excludes halogenated alkanes) is 1. The van der Waals surface area contributed by atoms with Crippen LogP contribution in [0.2, 0.25) is 0 Å². The van der Waals surface area contributed by atoms with Gasteiger partial charge in [0.1, 0.15) is 18.1 Å². The first-order valence-corrected chi connectivity index (χ1v) is 13.9. The van der Waals surface area contributed by atoms with Gasteiger partial charge in [-0.2, -0.15) is 0 Å². The zero-order chi connectivity index (χ0) is 30.3. The third-order valence-corrected chi connectivity index (χ3v) is 6.72. The third-order valence-electron chi connectivity index (χ3n) is 6.72. The van der Waals surface area contributed by atoms with Gasteiger partial charge in [-0.25, -0.2) is 9.78 Å². The molecule has 1 aromatic heterocycles. The average Bonchev–Trinajstić information content (AvgIpc) is 3.50. The number of aromatic amines is 1. The topological polar surface area (TPSA) is 205 Å². The number of hydrogen-bond donors (Lipinski definition) is 7. The Morgan fingerprint density at radius 1 is 0.762 bits per heavy atom. The molecular formula is C30H39N7O5. The molecule has 3 rings (SSSR count). The van der Waals surface area contributed by atoms with Crippen molar-refractivity contribution < 1.29 is 24.3 Å². The second-order valence-corrected chi connectivity index (χ2v) is 10.1. The second kappa shape index (κ2) is 16.7. The molecule has 0 saturated carbocycles. The van der Waals surface area contributed by atoms with Crippen molar-refractivity contribution in [1.82, 2.24) is 25.9 Å². The molecule has 3 aromatic rings. The maximum absolute atomic E-state index is 13.6. The number of carbonyl (C=O) groups is 4. The van der Waals surface area contributed by atoms with E-state index in [1.165, 1.54) is 12.5 Å². The number of aromatic nitrogens is 2. The van der Waals surface area contributed by atoms with Crippen LogP contribution in [0.1, 0.15) is 36.1 Å². The number of H-pyrrole nitrogens is 1. The molecule has 4 atom stereocenters. The van der Waals surface area contributed by atoms with Crippen molar-refractivity contribution in [1.29, 1.82) is 0 Å². The fraction of sp³-hybridized carbons (Fsp3) is 0.367. The standard InChI is InChI=1S/C30H39N7O5/c31-14-8-7-13-24(30(41)42)35-28(39)25(16-21-11-5-2-6-12-21)37-29(40)26(17-22-18-33-19-34-22)36-27(38)23(32)15-20-9-3-1-4-10-20/h1-6,9-12,18-19,23-26H,7-8,13-17,31-32H2,(H,33,34)(H,35,39)(H,36,38)(H,37,40)(H,41,42). The van der Waals surface area contributed by atoms with Crippen LogP contribution in [0.4, 0.5) is 0 Å². The van der Waals surface area contributed by atoms with Crippen LogP contribution >= 0.6 is 0 Å². The molecule has 0 fully saturated rings. The highest BCUT2D eigenvalue weighted by Gasteiger charge is 2.31. The number of amides is 3. The molecule has 2 aromatic carbocycles. The van der Waals surface area contributed by atoms with E-state index in [1.807, 2.05) is 36.4 Å². The molecule has 0 saturated heterocycles. The van der Waals surface area contributed by atoms with E-state index in [-0.39, 0.29) is 25.7 Å². The SMILES string of the molecule is NCCCCC(NC(=O)C(Cc1ccccc1)NC(=O)C(Cc1cnc[nH]1)NC(=O)C(N)Cc1ccccc1)C(=O)O. The van der Waals surface area contributed by atoms with Gasteiger partial charge in [0, 0.05) is 24.7 Å². The number of nitrogens with zero attached hydrogens (tertiary/aromatic N) is 1. The summed E-state index contributed by atoms with van der Waals surface area (Å²) in [6.07, 6.45) is 4.75. The lowest BCUT2D eigenvalue weighted by Gasteiger charge is -2.25. The lowest BCUT2D eigenvalue weighted by atomic mass is 10.0. The van der Waals surface area contributed by atoms with Crippen LogP contribution in [0.15, 0.2) is 73.2 Å². The average molecular weight is 578 g/mol. The van der Waals surface area contributed by atoms with E-state index in [2.05, 4.69) is 25.9 Å². The van der Waals surface area contributed by atoms with Crippen LogP contribution in [0.5, 0.6) is 0 Å². The molecule has 224 valence electrons. The van der Waals surface area contributed by atoms with Crippen LogP contribution < -0.4 is 27.4 Å². The predicted molar refractivity (Wildman–Crippen MR) is 157 cm³/mol. The Bertz CT molecular complexity index is 1270. The van der Waals surface area contributed by atoms with E-state index in [1.54, 1.807) is 24.3 Å². The normalized spacial score (nSPS) is 13.8. The number of hydrogen-bond acceptors (Lipinski definition) is 7. The Kier molecular flexibility index (Phi) is 12.7. The molecule has 3 amide bonds. The fourth-order valence-corrected chi connectivity index (χ4v) is 4.42. The first kappa shape index (κ1) is 32.0. The molecular weight excluding hydrogens is 538 g/mol. The number of carbonyl (C=O) groups excluding carboxylic acids is 3. The van der Waals surface area contributed by atoms with Crippen molar-refractivity contribution in [2.45, 2.75) is 62.7 Å². The molecule has 1 heterocycles. The van der Waals surface area contributed by atoms with E-state index in [9.17, 15) is 24.3 Å². The van der Waals surface area contributed by atoms with E-state index >= 15 is 0 Å². The Hall–Kier alpha value is -4.55. The molecule has 12 nitrogen and oxygen atoms in total. The molecule has 4 unspecified atom stereocenters. The van der Waals surface area contributed by atoms with Crippen molar-refractivity contribution >= 4 is 23.7 Å². The quantitative estimate of drug-likeness (QED) is 0.112. The van der Waals surface area contributed by atoms with Gasteiger partial charge in [-0.1, -0.05) is 60.7 Å². The largest absolute Gasteiger partial charge is 0.480 e. The molecule has 42 heavy (non-hydrogen) atoms. The molecule has 9 N–H and O–H groups in total. The lowest BCUT2D eigenvalue weighted by molar-refractivity contribution is -0.142. The van der Waals surface area contributed by atoms with E-state index in [4.69, 9.17) is 11.5 Å². The van der Waals surface area contributed by atoms with E-state index in [0.717, 1.165) is 11.1 Å². The summed E-state index contributed by atoms with van der Waals surface area (Å²) in [6.45, 7) is 0.408. The number of rotatable bonds is 17. The number of nitrogens with one attached hydrogen (secondary N) is 4. The monoisotopic (exact) mass is 577 g/mol. The summed E-state index contributed by atoms with van der Waals surface area (Å²) >= 11 is 0. The second-order valence-electron chi connectivity index (χ2n) is 10.1. The van der Waals surface area contributed by atoms with Gasteiger partial charge in [-0.3, -0.25) is 14.4 Å². The summed E-state index contributed by atoms with van der Waals surface area (Å²) in [7, 11) is 0. The number of aliphatic carboxylic acids is 1. The highest BCUT2D eigenvalue weighted by molar-refractivity contribution is 5.94. The van der Waals surface area contributed by atoms with Crippen LogP contribution in [0.25, 0.3) is 0 Å². The smallest absolute Gasteiger partial charge is 0.326 e. The zero-order valence-corrected chi connectivity index (χ0v) is 23.4. The van der Waals surface area contributed by atoms with Crippen LogP contribution in [0, 0.1) is 0 Å². The number of imidazole rings is 1. The van der Waals surface area contributed by atoms with Gasteiger partial charge >= 0.3 is 5.97 Å². The number of nitrogens with two attached hydrogens (primary N) is 2. The summed E-state index contributed by atoms with van der Waals surface area (Å²) in [4.78, 5) is 58.8. The molecule has 0 aliphatic rings. The summed E-state index contributed by atoms with van der Waals surface area (Å²) in [5, 5.41) is 17.7. The minimum Gasteiger partial charge on any atom is -0.480 e. The minimum absolute atomic E-state index is 0.0617. The Labute approximate surface area is 244 Å². The van der Waals surface area contributed by atoms with E-state index in [0.29, 0.717) is 25.1 Å². The van der Waals surface area contributed by atoms with Gasteiger partial charge < -0.3 is 37.5 Å². The van der Waals surface area contributed by atoms with Crippen LogP contribution in [0.3, 0.4) is 0 Å². The zero-order valence-electron chi connectivity index (χ0n) is 23.4. The van der Waals surface area contributed by atoms with Crippen molar-refractivity contribution in [2.24, 2.45) is 11.5 Å². The van der Waals surface area contributed by atoms with Crippen molar-refractivity contribution in [3.8, 4) is 0 Å². The van der Waals surface area contributed by atoms with Crippen LogP contribution in [-0.4, -0.2) is 69.5 Å². The summed E-state index contributed by atoms with van der Waals surface area (Å²) < 4.78 is 0. The third kappa shape index (κ3) is 10.5. The molecule has 12 heteroatoms. The van der Waals surface area contributed by atoms with Gasteiger partial charge in [0.25, 0.3) is 0 Å².